The van der Waals surface area contributed by atoms with Crippen molar-refractivity contribution in [1.82, 2.24) is 13.9 Å². The number of ether oxygens (including phenoxy) is 2. The van der Waals surface area contributed by atoms with Gasteiger partial charge in [0, 0.05) is 20.1 Å². The number of carbonyl (C=O) groups is 1. The van der Waals surface area contributed by atoms with E-state index < -0.39 is 16.3 Å². The molecular formula is C18H33N3O5S. The molecule has 156 valence electrons. The van der Waals surface area contributed by atoms with E-state index in [0.29, 0.717) is 6.61 Å². The molecule has 0 unspecified atom stereocenters. The van der Waals surface area contributed by atoms with Gasteiger partial charge in [-0.05, 0) is 31.6 Å². The van der Waals surface area contributed by atoms with E-state index in [4.69, 9.17) is 9.47 Å². The van der Waals surface area contributed by atoms with E-state index in [-0.39, 0.29) is 30.1 Å². The second kappa shape index (κ2) is 8.63. The number of nitrogens with one attached hydrogen (secondary N) is 1. The van der Waals surface area contributed by atoms with Gasteiger partial charge in [-0.1, -0.05) is 25.7 Å². The third-order valence-corrected chi connectivity index (χ3v) is 7.86. The largest absolute Gasteiger partial charge is 0.453 e. The Hall–Kier alpha value is -0.900. The van der Waals surface area contributed by atoms with E-state index in [1.165, 1.54) is 31.9 Å². The number of methoxy groups -OCH3 is 1. The van der Waals surface area contributed by atoms with Crippen LogP contribution < -0.4 is 4.72 Å². The van der Waals surface area contributed by atoms with Gasteiger partial charge in [0.1, 0.15) is 0 Å². The van der Waals surface area contributed by atoms with Crippen LogP contribution in [0.4, 0.5) is 4.79 Å². The maximum Gasteiger partial charge on any atom is 0.410 e. The van der Waals surface area contributed by atoms with Gasteiger partial charge in [0.2, 0.25) is 0 Å². The zero-order chi connectivity index (χ0) is 19.6. The molecule has 3 fully saturated rings. The summed E-state index contributed by atoms with van der Waals surface area (Å²) in [6, 6.07) is -0.690. The van der Waals surface area contributed by atoms with Crippen LogP contribution in [0.5, 0.6) is 0 Å². The van der Waals surface area contributed by atoms with Gasteiger partial charge in [-0.2, -0.15) is 17.4 Å². The van der Waals surface area contributed by atoms with E-state index in [1.54, 1.807) is 4.90 Å². The molecule has 0 spiro atoms. The van der Waals surface area contributed by atoms with Gasteiger partial charge in [-0.3, -0.25) is 4.90 Å². The Labute approximate surface area is 162 Å². The number of carbonyl (C=O) groups excluding carboxylic acids is 1. The maximum absolute atomic E-state index is 12.5. The Kier molecular flexibility index (Phi) is 6.66. The molecule has 0 aromatic rings. The molecule has 1 heterocycles. The topological polar surface area (TPSA) is 88.2 Å². The molecule has 8 nitrogen and oxygen atoms in total. The molecule has 2 aliphatic carbocycles. The average molecular weight is 404 g/mol. The van der Waals surface area contributed by atoms with Crippen LogP contribution in [-0.4, -0.2) is 75.8 Å². The van der Waals surface area contributed by atoms with Crippen LogP contribution in [0.2, 0.25) is 0 Å². The highest BCUT2D eigenvalue weighted by molar-refractivity contribution is 7.87. The molecule has 0 bridgehead atoms. The highest BCUT2D eigenvalue weighted by atomic mass is 32.2. The van der Waals surface area contributed by atoms with Crippen molar-refractivity contribution in [1.29, 1.82) is 0 Å². The molecular weight excluding hydrogens is 370 g/mol. The van der Waals surface area contributed by atoms with Gasteiger partial charge >= 0.3 is 6.09 Å². The van der Waals surface area contributed by atoms with Crippen LogP contribution in [0.15, 0.2) is 0 Å². The van der Waals surface area contributed by atoms with Crippen molar-refractivity contribution >= 4 is 16.3 Å². The van der Waals surface area contributed by atoms with Gasteiger partial charge in [0.05, 0.1) is 31.9 Å². The fraction of sp³-hybridized carbons (Fsp3) is 0.944. The average Bonchev–Trinajstić information content (AvgIpc) is 3.21. The Balaban J connectivity index is 1.81. The quantitative estimate of drug-likeness (QED) is 0.730. The molecule has 27 heavy (non-hydrogen) atoms. The van der Waals surface area contributed by atoms with Crippen LogP contribution in [0, 0.1) is 5.92 Å². The molecule has 0 aromatic heterocycles. The van der Waals surface area contributed by atoms with E-state index in [1.807, 2.05) is 0 Å². The van der Waals surface area contributed by atoms with Crippen LogP contribution in [0.25, 0.3) is 0 Å². The summed E-state index contributed by atoms with van der Waals surface area (Å²) in [7, 11) is 0.792. The number of hydrogen-bond donors (Lipinski definition) is 1. The summed E-state index contributed by atoms with van der Waals surface area (Å²) in [6.07, 6.45) is 8.21. The summed E-state index contributed by atoms with van der Waals surface area (Å²) in [6.45, 7) is 0.341. The fourth-order valence-corrected chi connectivity index (χ4v) is 5.79. The minimum absolute atomic E-state index is 0.00673. The number of rotatable bonds is 6. The second-order valence-electron chi connectivity index (χ2n) is 8.13. The van der Waals surface area contributed by atoms with Crippen LogP contribution in [0.1, 0.15) is 51.4 Å². The standard InChI is InChI=1S/C18H33N3O5S/c1-20(2)27(23,24)19-17-14-10-7-11-15(14)21(18(22)25-3)16(17)12-26-13-8-5-4-6-9-13/h13-17,19H,4-12H2,1-3H3/t14-,15+,16-,17-/m0/s1. The molecule has 9 heteroatoms. The first-order chi connectivity index (χ1) is 12.8. The Morgan fingerprint density at radius 3 is 2.44 bits per heavy atom. The molecule has 3 rings (SSSR count). The molecule has 0 radical (unpaired) electrons. The normalized spacial score (nSPS) is 32.1. The summed E-state index contributed by atoms with van der Waals surface area (Å²) >= 11 is 0. The van der Waals surface area contributed by atoms with Gasteiger partial charge in [-0.25, -0.2) is 4.79 Å². The first-order valence-electron chi connectivity index (χ1n) is 10.0. The number of amides is 1. The van der Waals surface area contributed by atoms with Crippen molar-refractivity contribution in [2.45, 2.75) is 75.6 Å². The zero-order valence-corrected chi connectivity index (χ0v) is 17.4. The van der Waals surface area contributed by atoms with E-state index in [9.17, 15) is 13.2 Å². The summed E-state index contributed by atoms with van der Waals surface area (Å²) in [5.41, 5.74) is 0. The van der Waals surface area contributed by atoms with Crippen molar-refractivity contribution < 1.29 is 22.7 Å². The highest BCUT2D eigenvalue weighted by Gasteiger charge is 2.54. The van der Waals surface area contributed by atoms with E-state index in [2.05, 4.69) is 4.72 Å². The lowest BCUT2D eigenvalue weighted by molar-refractivity contribution is -0.00745. The monoisotopic (exact) mass is 403 g/mol. The van der Waals surface area contributed by atoms with Crippen molar-refractivity contribution in [2.75, 3.05) is 27.8 Å². The molecule has 3 aliphatic rings. The molecule has 0 aromatic carbocycles. The molecule has 1 N–H and O–H groups in total. The lowest BCUT2D eigenvalue weighted by Gasteiger charge is -2.32. The number of likely N-dealkylation sites (tertiary alicyclic amines) is 1. The van der Waals surface area contributed by atoms with E-state index >= 15 is 0 Å². The third kappa shape index (κ3) is 4.41. The lowest BCUT2D eigenvalue weighted by Crippen LogP contribution is -2.53. The van der Waals surface area contributed by atoms with Crippen molar-refractivity contribution in [3.05, 3.63) is 0 Å². The molecule has 2 saturated carbocycles. The SMILES string of the molecule is COC(=O)N1[C@@H]2CCC[C@@H]2[C@H](NS(=O)(=O)N(C)C)[C@@H]1COC1CCCCC1. The van der Waals surface area contributed by atoms with Crippen LogP contribution in [-0.2, 0) is 19.7 Å². The van der Waals surface area contributed by atoms with Crippen molar-refractivity contribution in [3.63, 3.8) is 0 Å². The first-order valence-corrected chi connectivity index (χ1v) is 11.5. The van der Waals surface area contributed by atoms with Gasteiger partial charge in [0.15, 0.2) is 0 Å². The van der Waals surface area contributed by atoms with Crippen molar-refractivity contribution in [3.8, 4) is 0 Å². The maximum atomic E-state index is 12.5. The second-order valence-corrected chi connectivity index (χ2v) is 10.0. The minimum Gasteiger partial charge on any atom is -0.453 e. The molecule has 1 aliphatic heterocycles. The fourth-order valence-electron chi connectivity index (χ4n) is 4.91. The Morgan fingerprint density at radius 1 is 1.11 bits per heavy atom. The predicted octanol–water partition coefficient (Wildman–Crippen LogP) is 1.72. The number of hydrogen-bond acceptors (Lipinski definition) is 5. The number of nitrogens with zero attached hydrogens (tertiary/aromatic N) is 2. The first kappa shape index (κ1) is 20.8. The predicted molar refractivity (Wildman–Crippen MR) is 102 cm³/mol. The third-order valence-electron chi connectivity index (χ3n) is 6.33. The van der Waals surface area contributed by atoms with Crippen LogP contribution in [0.3, 0.4) is 0 Å². The summed E-state index contributed by atoms with van der Waals surface area (Å²) < 4.78 is 40.2. The summed E-state index contributed by atoms with van der Waals surface area (Å²) in [5.74, 6) is 0.0961. The van der Waals surface area contributed by atoms with Gasteiger partial charge < -0.3 is 9.47 Å². The molecule has 4 atom stereocenters. The number of fused-ring (bicyclic) bond motifs is 1. The molecule has 1 amide bonds. The smallest absolute Gasteiger partial charge is 0.410 e. The minimum atomic E-state index is -3.60. The van der Waals surface area contributed by atoms with E-state index in [0.717, 1.165) is 44.9 Å². The van der Waals surface area contributed by atoms with Gasteiger partial charge in [-0.15, -0.1) is 0 Å². The summed E-state index contributed by atoms with van der Waals surface area (Å²) in [5, 5.41) is 0. The Bertz CT molecular complexity index is 620. The van der Waals surface area contributed by atoms with Gasteiger partial charge in [0.25, 0.3) is 10.2 Å². The highest BCUT2D eigenvalue weighted by Crippen LogP contribution is 2.42. The lowest BCUT2D eigenvalue weighted by atomic mass is 9.96. The van der Waals surface area contributed by atoms with Crippen molar-refractivity contribution in [2.24, 2.45) is 5.92 Å². The zero-order valence-electron chi connectivity index (χ0n) is 16.6. The molecule has 1 saturated heterocycles. The summed E-state index contributed by atoms with van der Waals surface area (Å²) in [4.78, 5) is 14.3. The van der Waals surface area contributed by atoms with Crippen LogP contribution >= 0.6 is 0 Å². The Morgan fingerprint density at radius 2 is 1.81 bits per heavy atom.